The standard InChI is InChI=1S/C15H13ClFNO3/c1-20-14-7-4-11(16)8-13(14)18-15(19)21-9-10-2-5-12(17)6-3-10/h2-8H,9H2,1H3,(H,18,19). The van der Waals surface area contributed by atoms with Crippen LogP contribution in [0.2, 0.25) is 5.02 Å². The van der Waals surface area contributed by atoms with Crippen LogP contribution in [0.25, 0.3) is 0 Å². The van der Waals surface area contributed by atoms with Crippen LogP contribution in [0.3, 0.4) is 0 Å². The Bertz CT molecular complexity index is 631. The Morgan fingerprint density at radius 2 is 1.95 bits per heavy atom. The van der Waals surface area contributed by atoms with Crippen LogP contribution >= 0.6 is 11.6 Å². The molecule has 0 aliphatic carbocycles. The maximum atomic E-state index is 12.7. The molecule has 0 aromatic heterocycles. The van der Waals surface area contributed by atoms with E-state index in [2.05, 4.69) is 5.32 Å². The Labute approximate surface area is 126 Å². The molecule has 0 saturated heterocycles. The smallest absolute Gasteiger partial charge is 0.412 e. The number of halogens is 2. The van der Waals surface area contributed by atoms with Gasteiger partial charge in [0.1, 0.15) is 18.2 Å². The van der Waals surface area contributed by atoms with Crippen molar-refractivity contribution in [3.05, 3.63) is 58.9 Å². The summed E-state index contributed by atoms with van der Waals surface area (Å²) in [4.78, 5) is 11.7. The second-order valence-corrected chi connectivity index (χ2v) is 4.61. The van der Waals surface area contributed by atoms with Crippen molar-refractivity contribution >= 4 is 23.4 Å². The highest BCUT2D eigenvalue weighted by molar-refractivity contribution is 6.31. The van der Waals surface area contributed by atoms with E-state index in [-0.39, 0.29) is 12.4 Å². The van der Waals surface area contributed by atoms with E-state index >= 15 is 0 Å². The normalized spacial score (nSPS) is 10.0. The third kappa shape index (κ3) is 4.36. The molecule has 6 heteroatoms. The molecule has 2 rings (SSSR count). The Hall–Kier alpha value is -2.27. The molecule has 0 fully saturated rings. The average molecular weight is 310 g/mol. The molecule has 2 aromatic carbocycles. The monoisotopic (exact) mass is 309 g/mol. The Morgan fingerprint density at radius 3 is 2.62 bits per heavy atom. The van der Waals surface area contributed by atoms with Crippen molar-refractivity contribution in [2.24, 2.45) is 0 Å². The molecule has 0 aliphatic rings. The number of ether oxygens (including phenoxy) is 2. The van der Waals surface area contributed by atoms with Gasteiger partial charge in [0.05, 0.1) is 12.8 Å². The first-order chi connectivity index (χ1) is 10.1. The molecule has 2 aromatic rings. The summed E-state index contributed by atoms with van der Waals surface area (Å²) in [7, 11) is 1.48. The Balaban J connectivity index is 1.95. The predicted octanol–water partition coefficient (Wildman–Crippen LogP) is 4.24. The molecule has 0 heterocycles. The molecule has 110 valence electrons. The van der Waals surface area contributed by atoms with E-state index in [9.17, 15) is 9.18 Å². The topological polar surface area (TPSA) is 47.6 Å². The van der Waals surface area contributed by atoms with Gasteiger partial charge in [-0.1, -0.05) is 23.7 Å². The summed E-state index contributed by atoms with van der Waals surface area (Å²) in [6.45, 7) is 0.0367. The highest BCUT2D eigenvalue weighted by atomic mass is 35.5. The third-order valence-electron chi connectivity index (χ3n) is 2.68. The molecule has 0 unspecified atom stereocenters. The van der Waals surface area contributed by atoms with Crippen LogP contribution in [0, 0.1) is 5.82 Å². The summed E-state index contributed by atoms with van der Waals surface area (Å²) in [5, 5.41) is 3.00. The number of rotatable bonds is 4. The van der Waals surface area contributed by atoms with Crippen LogP contribution in [0.1, 0.15) is 5.56 Å². The van der Waals surface area contributed by atoms with Gasteiger partial charge in [-0.3, -0.25) is 5.32 Å². The predicted molar refractivity (Wildman–Crippen MR) is 78.2 cm³/mol. The van der Waals surface area contributed by atoms with Gasteiger partial charge in [0.25, 0.3) is 0 Å². The quantitative estimate of drug-likeness (QED) is 0.919. The maximum Gasteiger partial charge on any atom is 0.412 e. The van der Waals surface area contributed by atoms with Gasteiger partial charge >= 0.3 is 6.09 Å². The van der Waals surface area contributed by atoms with Gasteiger partial charge < -0.3 is 9.47 Å². The van der Waals surface area contributed by atoms with Crippen molar-refractivity contribution < 1.29 is 18.7 Å². The molecule has 1 amide bonds. The number of amides is 1. The average Bonchev–Trinajstić information content (AvgIpc) is 2.47. The van der Waals surface area contributed by atoms with Crippen molar-refractivity contribution in [2.75, 3.05) is 12.4 Å². The second kappa shape index (κ2) is 6.95. The lowest BCUT2D eigenvalue weighted by atomic mass is 10.2. The van der Waals surface area contributed by atoms with Crippen LogP contribution in [-0.2, 0) is 11.3 Å². The zero-order chi connectivity index (χ0) is 15.2. The number of hydrogen-bond donors (Lipinski definition) is 1. The molecule has 4 nitrogen and oxygen atoms in total. The lowest BCUT2D eigenvalue weighted by Gasteiger charge is -2.11. The summed E-state index contributed by atoms with van der Waals surface area (Å²) >= 11 is 5.86. The minimum Gasteiger partial charge on any atom is -0.495 e. The van der Waals surface area contributed by atoms with Crippen molar-refractivity contribution in [3.63, 3.8) is 0 Å². The minimum atomic E-state index is -0.653. The summed E-state index contributed by atoms with van der Waals surface area (Å²) in [5.41, 5.74) is 1.10. The fourth-order valence-corrected chi connectivity index (χ4v) is 1.83. The van der Waals surface area contributed by atoms with Gasteiger partial charge in [-0.15, -0.1) is 0 Å². The van der Waals surface area contributed by atoms with Crippen LogP contribution in [0.5, 0.6) is 5.75 Å². The highest BCUT2D eigenvalue weighted by Gasteiger charge is 2.09. The van der Waals surface area contributed by atoms with Crippen molar-refractivity contribution in [1.82, 2.24) is 0 Å². The SMILES string of the molecule is COc1ccc(Cl)cc1NC(=O)OCc1ccc(F)cc1. The largest absolute Gasteiger partial charge is 0.495 e. The molecule has 21 heavy (non-hydrogen) atoms. The number of methoxy groups -OCH3 is 1. The first kappa shape index (κ1) is 15.1. The zero-order valence-electron chi connectivity index (χ0n) is 11.2. The molecule has 0 radical (unpaired) electrons. The first-order valence-electron chi connectivity index (χ1n) is 6.10. The summed E-state index contributed by atoms with van der Waals surface area (Å²) in [5.74, 6) is 0.130. The van der Waals surface area contributed by atoms with E-state index in [4.69, 9.17) is 21.1 Å². The number of anilines is 1. The summed E-state index contributed by atoms with van der Waals surface area (Å²) < 4.78 is 22.9. The molecular formula is C15H13ClFNO3. The van der Waals surface area contributed by atoms with E-state index in [1.165, 1.54) is 19.2 Å². The van der Waals surface area contributed by atoms with E-state index in [0.29, 0.717) is 22.0 Å². The first-order valence-corrected chi connectivity index (χ1v) is 6.48. The molecule has 0 aliphatic heterocycles. The summed E-state index contributed by atoms with van der Waals surface area (Å²) in [6.07, 6.45) is -0.653. The van der Waals surface area contributed by atoms with Crippen LogP contribution in [0.4, 0.5) is 14.9 Å². The molecule has 0 spiro atoms. The van der Waals surface area contributed by atoms with Gasteiger partial charge in [-0.05, 0) is 35.9 Å². The van der Waals surface area contributed by atoms with E-state index < -0.39 is 6.09 Å². The minimum absolute atomic E-state index is 0.0367. The fourth-order valence-electron chi connectivity index (χ4n) is 1.65. The number of benzene rings is 2. The zero-order valence-corrected chi connectivity index (χ0v) is 12.0. The van der Waals surface area contributed by atoms with Crippen LogP contribution in [0.15, 0.2) is 42.5 Å². The lowest BCUT2D eigenvalue weighted by molar-refractivity contribution is 0.155. The molecule has 0 bridgehead atoms. The number of carbonyl (C=O) groups is 1. The van der Waals surface area contributed by atoms with E-state index in [1.54, 1.807) is 30.3 Å². The fraction of sp³-hybridized carbons (Fsp3) is 0.133. The van der Waals surface area contributed by atoms with Gasteiger partial charge in [0, 0.05) is 5.02 Å². The van der Waals surface area contributed by atoms with Crippen molar-refractivity contribution in [1.29, 1.82) is 0 Å². The van der Waals surface area contributed by atoms with Crippen LogP contribution in [-0.4, -0.2) is 13.2 Å². The summed E-state index contributed by atoms with van der Waals surface area (Å²) in [6, 6.07) is 10.5. The Kier molecular flexibility index (Phi) is 5.00. The number of hydrogen-bond acceptors (Lipinski definition) is 3. The van der Waals surface area contributed by atoms with Gasteiger partial charge in [-0.2, -0.15) is 0 Å². The molecular weight excluding hydrogens is 297 g/mol. The van der Waals surface area contributed by atoms with E-state index in [1.807, 2.05) is 0 Å². The third-order valence-corrected chi connectivity index (χ3v) is 2.92. The van der Waals surface area contributed by atoms with Crippen LogP contribution < -0.4 is 10.1 Å². The molecule has 0 atom stereocenters. The highest BCUT2D eigenvalue weighted by Crippen LogP contribution is 2.27. The maximum absolute atomic E-state index is 12.7. The molecule has 1 N–H and O–H groups in total. The van der Waals surface area contributed by atoms with Gasteiger partial charge in [0.15, 0.2) is 0 Å². The van der Waals surface area contributed by atoms with E-state index in [0.717, 1.165) is 0 Å². The molecule has 0 saturated carbocycles. The number of nitrogens with one attached hydrogen (secondary N) is 1. The van der Waals surface area contributed by atoms with Gasteiger partial charge in [-0.25, -0.2) is 9.18 Å². The van der Waals surface area contributed by atoms with Crippen molar-refractivity contribution in [3.8, 4) is 5.75 Å². The lowest BCUT2D eigenvalue weighted by Crippen LogP contribution is -2.14. The number of carbonyl (C=O) groups excluding carboxylic acids is 1. The van der Waals surface area contributed by atoms with Gasteiger partial charge in [0.2, 0.25) is 0 Å². The second-order valence-electron chi connectivity index (χ2n) is 4.17. The Morgan fingerprint density at radius 1 is 1.24 bits per heavy atom. The van der Waals surface area contributed by atoms with Crippen molar-refractivity contribution in [2.45, 2.75) is 6.61 Å².